The van der Waals surface area contributed by atoms with E-state index >= 15 is 0 Å². The Bertz CT molecular complexity index is 1690. The third kappa shape index (κ3) is 5.24. The number of hydrogen-bond acceptors (Lipinski definition) is 6. The second-order valence-corrected chi connectivity index (χ2v) is 12.6. The number of nitrogens with zero attached hydrogens (tertiary/aromatic N) is 5. The van der Waals surface area contributed by atoms with Gasteiger partial charge in [0.2, 0.25) is 10.0 Å². The summed E-state index contributed by atoms with van der Waals surface area (Å²) in [5, 5.41) is 8.70. The van der Waals surface area contributed by atoms with Crippen molar-refractivity contribution in [2.24, 2.45) is 7.05 Å². The van der Waals surface area contributed by atoms with Gasteiger partial charge in [-0.25, -0.2) is 17.8 Å². The summed E-state index contributed by atoms with van der Waals surface area (Å²) in [6.45, 7) is 0.643. The minimum atomic E-state index is -4.10. The van der Waals surface area contributed by atoms with Gasteiger partial charge in [0.05, 0.1) is 6.20 Å². The first kappa shape index (κ1) is 26.5. The summed E-state index contributed by atoms with van der Waals surface area (Å²) in [7, 11) is -0.149. The van der Waals surface area contributed by atoms with Gasteiger partial charge < -0.3 is 10.2 Å². The van der Waals surface area contributed by atoms with Crippen molar-refractivity contribution in [2.75, 3.05) is 25.5 Å². The van der Waals surface area contributed by atoms with Crippen LogP contribution in [0.4, 0.5) is 10.2 Å². The van der Waals surface area contributed by atoms with Crippen LogP contribution in [-0.2, 0) is 17.1 Å². The van der Waals surface area contributed by atoms with Crippen LogP contribution >= 0.6 is 0 Å². The highest BCUT2D eigenvalue weighted by Gasteiger charge is 2.36. The molecule has 1 aliphatic heterocycles. The van der Waals surface area contributed by atoms with Gasteiger partial charge in [0.25, 0.3) is 5.91 Å². The highest BCUT2D eigenvalue weighted by atomic mass is 32.2. The highest BCUT2D eigenvalue weighted by Crippen LogP contribution is 2.32. The summed E-state index contributed by atoms with van der Waals surface area (Å²) in [6.07, 6.45) is 9.13. The van der Waals surface area contributed by atoms with Crippen molar-refractivity contribution < 1.29 is 17.6 Å². The monoisotopic (exact) mass is 562 g/mol. The molecular formula is C29H31FN6O3S. The molecule has 3 heterocycles. The zero-order valence-corrected chi connectivity index (χ0v) is 23.2. The summed E-state index contributed by atoms with van der Waals surface area (Å²) in [5.74, 6) is -1.14. The minimum Gasteiger partial charge on any atom is -0.307 e. The van der Waals surface area contributed by atoms with E-state index in [1.54, 1.807) is 23.1 Å². The number of aromatic nitrogens is 3. The van der Waals surface area contributed by atoms with Gasteiger partial charge in [-0.15, -0.1) is 0 Å². The van der Waals surface area contributed by atoms with Gasteiger partial charge in [0.15, 0.2) is 0 Å². The van der Waals surface area contributed by atoms with Crippen molar-refractivity contribution in [3.8, 4) is 11.1 Å². The molecule has 2 aromatic heterocycles. The number of pyridine rings is 1. The second kappa shape index (κ2) is 10.4. The lowest BCUT2D eigenvalue weighted by Gasteiger charge is -2.36. The van der Waals surface area contributed by atoms with E-state index < -0.39 is 26.6 Å². The van der Waals surface area contributed by atoms with Crippen LogP contribution in [-0.4, -0.2) is 70.5 Å². The fraction of sp³-hybridized carbons (Fsp3) is 0.345. The first-order chi connectivity index (χ1) is 19.2. The van der Waals surface area contributed by atoms with E-state index in [0.717, 1.165) is 34.0 Å². The molecule has 11 heteroatoms. The average Bonchev–Trinajstić information content (AvgIpc) is 3.72. The van der Waals surface area contributed by atoms with Crippen LogP contribution in [0.5, 0.6) is 0 Å². The summed E-state index contributed by atoms with van der Waals surface area (Å²) in [4.78, 5) is 19.3. The van der Waals surface area contributed by atoms with Crippen LogP contribution in [0.2, 0.25) is 0 Å². The number of nitrogens with one attached hydrogen (secondary N) is 1. The normalized spacial score (nSPS) is 17.0. The highest BCUT2D eigenvalue weighted by molar-refractivity contribution is 7.89. The second-order valence-electron chi connectivity index (χ2n) is 10.7. The fourth-order valence-electron chi connectivity index (χ4n) is 5.40. The lowest BCUT2D eigenvalue weighted by atomic mass is 10.1. The number of piperidine rings is 1. The molecule has 4 aromatic rings. The Balaban J connectivity index is 1.19. The standard InChI is InChI=1S/C29H31FN6O3S/c1-34-18-23(17-32-34)19-3-4-21-16-31-28(15-22(21)13-19)33-29(37)20-5-8-26(30)27(14-20)40(38,39)36-11-9-25(10-12-36)35(2)24-6-7-24/h3-5,8,13-18,24-25H,6-7,9-12H2,1-2H3,(H,31,33,37). The first-order valence-electron chi connectivity index (χ1n) is 13.4. The number of rotatable bonds is 7. The Kier molecular flexibility index (Phi) is 6.89. The molecule has 1 aliphatic carbocycles. The van der Waals surface area contributed by atoms with E-state index in [1.807, 2.05) is 31.4 Å². The molecule has 0 radical (unpaired) electrons. The van der Waals surface area contributed by atoms with Crippen molar-refractivity contribution in [1.82, 2.24) is 24.0 Å². The molecule has 0 bridgehead atoms. The van der Waals surface area contributed by atoms with Gasteiger partial charge in [-0.3, -0.25) is 9.48 Å². The zero-order valence-electron chi connectivity index (χ0n) is 22.4. The number of halogens is 1. The zero-order chi connectivity index (χ0) is 28.0. The maximum Gasteiger partial charge on any atom is 0.256 e. The van der Waals surface area contributed by atoms with Crippen molar-refractivity contribution in [2.45, 2.75) is 42.7 Å². The molecule has 1 N–H and O–H groups in total. The van der Waals surface area contributed by atoms with Gasteiger partial charge in [0.1, 0.15) is 16.5 Å². The number of sulfonamides is 1. The van der Waals surface area contributed by atoms with Crippen LogP contribution in [0, 0.1) is 5.82 Å². The lowest BCUT2D eigenvalue weighted by molar-refractivity contribution is 0.102. The van der Waals surface area contributed by atoms with Crippen LogP contribution in [0.15, 0.2) is 66.0 Å². The van der Waals surface area contributed by atoms with Gasteiger partial charge in [-0.1, -0.05) is 12.1 Å². The number of fused-ring (bicyclic) bond motifs is 1. The van der Waals surface area contributed by atoms with E-state index in [2.05, 4.69) is 27.3 Å². The molecule has 9 nitrogen and oxygen atoms in total. The topological polar surface area (TPSA) is 100 Å². The molecule has 2 aromatic carbocycles. The SMILES string of the molecule is CN(C1CC1)C1CCN(S(=O)(=O)c2cc(C(=O)Nc3cc4cc(-c5cnn(C)c5)ccc4cn3)ccc2F)CC1. The average molecular weight is 563 g/mol. The summed E-state index contributed by atoms with van der Waals surface area (Å²) < 4.78 is 44.6. The first-order valence-corrected chi connectivity index (χ1v) is 14.8. The molecule has 0 unspecified atom stereocenters. The van der Waals surface area contributed by atoms with E-state index in [-0.39, 0.29) is 5.56 Å². The quantitative estimate of drug-likeness (QED) is 0.361. The van der Waals surface area contributed by atoms with Crippen LogP contribution in [0.3, 0.4) is 0 Å². The summed E-state index contributed by atoms with van der Waals surface area (Å²) >= 11 is 0. The molecule has 40 heavy (non-hydrogen) atoms. The Morgan fingerprint density at radius 2 is 1.73 bits per heavy atom. The van der Waals surface area contributed by atoms with Gasteiger partial charge >= 0.3 is 0 Å². The molecule has 0 spiro atoms. The minimum absolute atomic E-state index is 0.0364. The summed E-state index contributed by atoms with van der Waals surface area (Å²) in [6, 6.07) is 12.0. The molecule has 6 rings (SSSR count). The third-order valence-electron chi connectivity index (χ3n) is 7.94. The Labute approximate surface area is 232 Å². The number of carbonyl (C=O) groups is 1. The molecule has 0 atom stereocenters. The maximum atomic E-state index is 14.8. The predicted molar refractivity (Wildman–Crippen MR) is 151 cm³/mol. The smallest absolute Gasteiger partial charge is 0.256 e. The van der Waals surface area contributed by atoms with Crippen LogP contribution in [0.1, 0.15) is 36.0 Å². The van der Waals surface area contributed by atoms with Gasteiger partial charge in [0, 0.05) is 61.1 Å². The fourth-order valence-corrected chi connectivity index (χ4v) is 6.96. The molecule has 2 fully saturated rings. The number of hydrogen-bond donors (Lipinski definition) is 1. The summed E-state index contributed by atoms with van der Waals surface area (Å²) in [5.41, 5.74) is 1.97. The molecule has 1 saturated carbocycles. The Hall–Kier alpha value is -3.67. The van der Waals surface area contributed by atoms with Crippen LogP contribution < -0.4 is 5.32 Å². The number of benzene rings is 2. The number of carbonyl (C=O) groups excluding carboxylic acids is 1. The number of amides is 1. The largest absolute Gasteiger partial charge is 0.307 e. The van der Waals surface area contributed by atoms with Crippen molar-refractivity contribution in [3.05, 3.63) is 72.4 Å². The number of anilines is 1. The van der Waals surface area contributed by atoms with Crippen LogP contribution in [0.25, 0.3) is 21.9 Å². The molecule has 2 aliphatic rings. The Morgan fingerprint density at radius 3 is 2.42 bits per heavy atom. The van der Waals surface area contributed by atoms with Crippen molar-refractivity contribution in [1.29, 1.82) is 0 Å². The van der Waals surface area contributed by atoms with Crippen molar-refractivity contribution >= 4 is 32.5 Å². The van der Waals surface area contributed by atoms with Gasteiger partial charge in [-0.05, 0) is 74.0 Å². The molecular weight excluding hydrogens is 531 g/mol. The third-order valence-corrected chi connectivity index (χ3v) is 9.85. The van der Waals surface area contributed by atoms with E-state index in [0.29, 0.717) is 43.8 Å². The molecule has 208 valence electrons. The molecule has 1 amide bonds. The van der Waals surface area contributed by atoms with Gasteiger partial charge in [-0.2, -0.15) is 9.40 Å². The number of aryl methyl sites for hydroxylation is 1. The van der Waals surface area contributed by atoms with Crippen molar-refractivity contribution in [3.63, 3.8) is 0 Å². The Morgan fingerprint density at radius 1 is 0.975 bits per heavy atom. The lowest BCUT2D eigenvalue weighted by Crippen LogP contribution is -2.46. The molecule has 1 saturated heterocycles. The van der Waals surface area contributed by atoms with E-state index in [4.69, 9.17) is 0 Å². The van der Waals surface area contributed by atoms with E-state index in [9.17, 15) is 17.6 Å². The maximum absolute atomic E-state index is 14.8. The van der Waals surface area contributed by atoms with E-state index in [1.165, 1.54) is 23.2 Å². The predicted octanol–water partition coefficient (Wildman–Crippen LogP) is 4.27.